The van der Waals surface area contributed by atoms with Gasteiger partial charge < -0.3 is 15.0 Å². The van der Waals surface area contributed by atoms with Gasteiger partial charge in [-0.15, -0.1) is 0 Å². The van der Waals surface area contributed by atoms with Crippen molar-refractivity contribution in [3.05, 3.63) is 23.9 Å². The fourth-order valence-corrected chi connectivity index (χ4v) is 2.72. The van der Waals surface area contributed by atoms with Gasteiger partial charge in [0.2, 0.25) is 5.88 Å². The topological polar surface area (TPSA) is 37.4 Å². The SMILES string of the molecule is CCCNCc1cccnc1OCCC1CCCN1C. The highest BCUT2D eigenvalue weighted by Crippen LogP contribution is 2.19. The van der Waals surface area contributed by atoms with Crippen LogP contribution in [0.2, 0.25) is 0 Å². The number of hydrogen-bond donors (Lipinski definition) is 1. The Balaban J connectivity index is 1.79. The van der Waals surface area contributed by atoms with Crippen LogP contribution in [-0.2, 0) is 6.54 Å². The molecule has 1 unspecified atom stereocenters. The first-order valence-electron chi connectivity index (χ1n) is 7.79. The fraction of sp³-hybridized carbons (Fsp3) is 0.688. The summed E-state index contributed by atoms with van der Waals surface area (Å²) in [5, 5.41) is 3.40. The monoisotopic (exact) mass is 277 g/mol. The third kappa shape index (κ3) is 4.46. The van der Waals surface area contributed by atoms with Gasteiger partial charge in [-0.05, 0) is 51.9 Å². The van der Waals surface area contributed by atoms with Gasteiger partial charge in [0.25, 0.3) is 0 Å². The van der Waals surface area contributed by atoms with Crippen LogP contribution < -0.4 is 10.1 Å². The molecule has 0 bridgehead atoms. The molecule has 1 aliphatic heterocycles. The molecule has 0 aromatic carbocycles. The van der Waals surface area contributed by atoms with Crippen molar-refractivity contribution >= 4 is 0 Å². The van der Waals surface area contributed by atoms with Gasteiger partial charge >= 0.3 is 0 Å². The Bertz CT molecular complexity index is 397. The number of hydrogen-bond acceptors (Lipinski definition) is 4. The van der Waals surface area contributed by atoms with E-state index < -0.39 is 0 Å². The summed E-state index contributed by atoms with van der Waals surface area (Å²) in [4.78, 5) is 6.80. The predicted octanol–water partition coefficient (Wildman–Crippen LogP) is 2.44. The molecule has 20 heavy (non-hydrogen) atoms. The van der Waals surface area contributed by atoms with Gasteiger partial charge in [0.05, 0.1) is 6.61 Å². The zero-order chi connectivity index (χ0) is 14.2. The van der Waals surface area contributed by atoms with Crippen LogP contribution in [0.3, 0.4) is 0 Å². The number of rotatable bonds is 8. The number of pyridine rings is 1. The lowest BCUT2D eigenvalue weighted by atomic mass is 10.1. The Kier molecular flexibility index (Phi) is 6.27. The summed E-state index contributed by atoms with van der Waals surface area (Å²) in [6.07, 6.45) is 6.66. The van der Waals surface area contributed by atoms with Crippen LogP contribution in [0.5, 0.6) is 5.88 Å². The molecule has 2 rings (SSSR count). The van der Waals surface area contributed by atoms with E-state index in [1.807, 2.05) is 6.07 Å². The Morgan fingerprint density at radius 2 is 2.40 bits per heavy atom. The summed E-state index contributed by atoms with van der Waals surface area (Å²) in [5.41, 5.74) is 1.15. The van der Waals surface area contributed by atoms with Crippen molar-refractivity contribution in [3.8, 4) is 5.88 Å². The van der Waals surface area contributed by atoms with Gasteiger partial charge in [-0.2, -0.15) is 0 Å². The summed E-state index contributed by atoms with van der Waals surface area (Å²) in [6.45, 7) is 6.01. The first-order chi connectivity index (χ1) is 9.81. The van der Waals surface area contributed by atoms with E-state index in [-0.39, 0.29) is 0 Å². The molecule has 1 N–H and O–H groups in total. The zero-order valence-electron chi connectivity index (χ0n) is 12.8. The molecule has 2 heterocycles. The van der Waals surface area contributed by atoms with E-state index in [0.717, 1.165) is 44.0 Å². The molecule has 1 atom stereocenters. The Hall–Kier alpha value is -1.13. The molecule has 0 saturated carbocycles. The van der Waals surface area contributed by atoms with Crippen LogP contribution in [0.4, 0.5) is 0 Å². The molecule has 1 saturated heterocycles. The van der Waals surface area contributed by atoms with E-state index in [1.165, 1.54) is 19.4 Å². The first-order valence-corrected chi connectivity index (χ1v) is 7.79. The molecule has 112 valence electrons. The maximum atomic E-state index is 5.90. The van der Waals surface area contributed by atoms with Crippen LogP contribution in [0.1, 0.15) is 38.2 Å². The minimum atomic E-state index is 0.681. The smallest absolute Gasteiger partial charge is 0.217 e. The number of nitrogens with one attached hydrogen (secondary N) is 1. The largest absolute Gasteiger partial charge is 0.477 e. The van der Waals surface area contributed by atoms with Gasteiger partial charge in [-0.3, -0.25) is 0 Å². The van der Waals surface area contributed by atoms with E-state index in [4.69, 9.17) is 4.74 Å². The van der Waals surface area contributed by atoms with Gasteiger partial charge in [-0.25, -0.2) is 4.98 Å². The molecule has 0 amide bonds. The van der Waals surface area contributed by atoms with Gasteiger partial charge in [-0.1, -0.05) is 13.0 Å². The van der Waals surface area contributed by atoms with Crippen LogP contribution in [0.15, 0.2) is 18.3 Å². The zero-order valence-corrected chi connectivity index (χ0v) is 12.8. The summed E-state index contributed by atoms with van der Waals surface area (Å²) in [7, 11) is 2.21. The predicted molar refractivity (Wildman–Crippen MR) is 82.0 cm³/mol. The molecule has 1 aliphatic rings. The Morgan fingerprint density at radius 3 is 3.15 bits per heavy atom. The van der Waals surface area contributed by atoms with E-state index in [2.05, 4.69) is 35.2 Å². The third-order valence-electron chi connectivity index (χ3n) is 3.95. The molecule has 4 heteroatoms. The van der Waals surface area contributed by atoms with E-state index in [0.29, 0.717) is 6.04 Å². The highest BCUT2D eigenvalue weighted by atomic mass is 16.5. The van der Waals surface area contributed by atoms with Crippen molar-refractivity contribution in [1.29, 1.82) is 0 Å². The van der Waals surface area contributed by atoms with Crippen LogP contribution in [0.25, 0.3) is 0 Å². The molecule has 0 radical (unpaired) electrons. The summed E-state index contributed by atoms with van der Waals surface area (Å²) >= 11 is 0. The number of ether oxygens (including phenoxy) is 1. The van der Waals surface area contributed by atoms with E-state index >= 15 is 0 Å². The average Bonchev–Trinajstić information content (AvgIpc) is 2.86. The second-order valence-electron chi connectivity index (χ2n) is 5.56. The lowest BCUT2D eigenvalue weighted by Gasteiger charge is -2.19. The summed E-state index contributed by atoms with van der Waals surface area (Å²) < 4.78 is 5.90. The maximum absolute atomic E-state index is 5.90. The molecule has 0 spiro atoms. The summed E-state index contributed by atoms with van der Waals surface area (Å²) in [6, 6.07) is 4.74. The molecular formula is C16H27N3O. The van der Waals surface area contributed by atoms with E-state index in [9.17, 15) is 0 Å². The van der Waals surface area contributed by atoms with Crippen molar-refractivity contribution in [3.63, 3.8) is 0 Å². The quantitative estimate of drug-likeness (QED) is 0.741. The maximum Gasteiger partial charge on any atom is 0.217 e. The number of likely N-dealkylation sites (tertiary alicyclic amines) is 1. The fourth-order valence-electron chi connectivity index (χ4n) is 2.72. The van der Waals surface area contributed by atoms with Gasteiger partial charge in [0.15, 0.2) is 0 Å². The minimum Gasteiger partial charge on any atom is -0.477 e. The van der Waals surface area contributed by atoms with Crippen molar-refractivity contribution in [1.82, 2.24) is 15.2 Å². The second-order valence-corrected chi connectivity index (χ2v) is 5.56. The molecule has 4 nitrogen and oxygen atoms in total. The lowest BCUT2D eigenvalue weighted by molar-refractivity contribution is 0.227. The van der Waals surface area contributed by atoms with Crippen molar-refractivity contribution in [2.24, 2.45) is 0 Å². The highest BCUT2D eigenvalue weighted by molar-refractivity contribution is 5.25. The average molecular weight is 277 g/mol. The highest BCUT2D eigenvalue weighted by Gasteiger charge is 2.20. The molecule has 0 aliphatic carbocycles. The number of nitrogens with zero attached hydrogens (tertiary/aromatic N) is 2. The Morgan fingerprint density at radius 1 is 1.50 bits per heavy atom. The number of aromatic nitrogens is 1. The second kappa shape index (κ2) is 8.22. The Labute approximate surface area is 122 Å². The normalized spacial score (nSPS) is 19.4. The molecule has 1 aromatic rings. The minimum absolute atomic E-state index is 0.681. The van der Waals surface area contributed by atoms with Crippen molar-refractivity contribution < 1.29 is 4.74 Å². The van der Waals surface area contributed by atoms with Crippen LogP contribution in [0, 0.1) is 0 Å². The van der Waals surface area contributed by atoms with Gasteiger partial charge in [0.1, 0.15) is 0 Å². The molecular weight excluding hydrogens is 250 g/mol. The molecule has 1 fully saturated rings. The first kappa shape index (κ1) is 15.3. The van der Waals surface area contributed by atoms with Crippen molar-refractivity contribution in [2.45, 2.75) is 45.2 Å². The van der Waals surface area contributed by atoms with Crippen LogP contribution in [-0.4, -0.2) is 42.7 Å². The van der Waals surface area contributed by atoms with Crippen molar-refractivity contribution in [2.75, 3.05) is 26.7 Å². The van der Waals surface area contributed by atoms with E-state index in [1.54, 1.807) is 6.20 Å². The summed E-state index contributed by atoms with van der Waals surface area (Å²) in [5.74, 6) is 0.789. The third-order valence-corrected chi connectivity index (χ3v) is 3.95. The standard InChI is InChI=1S/C16H27N3O/c1-3-9-17-13-14-6-4-10-18-16(14)20-12-8-15-7-5-11-19(15)2/h4,6,10,15,17H,3,5,7-9,11-13H2,1-2H3. The lowest BCUT2D eigenvalue weighted by Crippen LogP contribution is -2.26. The molecule has 1 aromatic heterocycles. The van der Waals surface area contributed by atoms with Gasteiger partial charge in [0, 0.05) is 24.3 Å². The van der Waals surface area contributed by atoms with Crippen LogP contribution >= 0.6 is 0 Å².